The molecule has 2 rings (SSSR count). The summed E-state index contributed by atoms with van der Waals surface area (Å²) in [5.74, 6) is -0.325. The molecule has 0 saturated heterocycles. The van der Waals surface area contributed by atoms with E-state index < -0.39 is 10.0 Å². The minimum Gasteiger partial charge on any atom is -0.348 e. The number of carbonyl (C=O) groups is 1. The fourth-order valence-electron chi connectivity index (χ4n) is 2.11. The zero-order valence-electron chi connectivity index (χ0n) is 13.3. The third-order valence-corrected chi connectivity index (χ3v) is 3.89. The molecule has 0 bridgehead atoms. The van der Waals surface area contributed by atoms with Gasteiger partial charge in [0.2, 0.25) is 10.0 Å². The minimum atomic E-state index is -3.42. The van der Waals surface area contributed by atoms with Crippen LogP contribution in [0.15, 0.2) is 42.5 Å². The predicted octanol–water partition coefficient (Wildman–Crippen LogP) is 2.17. The van der Waals surface area contributed by atoms with E-state index in [-0.39, 0.29) is 12.5 Å². The van der Waals surface area contributed by atoms with Gasteiger partial charge in [-0.15, -0.1) is 0 Å². The molecule has 7 heteroatoms. The highest BCUT2D eigenvalue weighted by Gasteiger charge is 2.10. The van der Waals surface area contributed by atoms with Crippen LogP contribution in [0.25, 0.3) is 0 Å². The van der Waals surface area contributed by atoms with Crippen molar-refractivity contribution in [3.8, 4) is 6.07 Å². The first-order chi connectivity index (χ1) is 11.3. The molecule has 6 nitrogen and oxygen atoms in total. The molecule has 0 aromatic heterocycles. The van der Waals surface area contributed by atoms with Crippen molar-refractivity contribution in [3.05, 3.63) is 64.7 Å². The summed E-state index contributed by atoms with van der Waals surface area (Å²) < 4.78 is 25.1. The average molecular weight is 343 g/mol. The van der Waals surface area contributed by atoms with Gasteiger partial charge in [-0.2, -0.15) is 5.26 Å². The van der Waals surface area contributed by atoms with Gasteiger partial charge in [-0.05, 0) is 42.3 Å². The topological polar surface area (TPSA) is 99.1 Å². The highest BCUT2D eigenvalue weighted by molar-refractivity contribution is 7.92. The lowest BCUT2D eigenvalue weighted by Gasteiger charge is -2.11. The van der Waals surface area contributed by atoms with Crippen LogP contribution in [0.1, 0.15) is 27.0 Å². The summed E-state index contributed by atoms with van der Waals surface area (Å²) in [7, 11) is -3.42. The zero-order chi connectivity index (χ0) is 17.7. The number of rotatable bonds is 5. The number of sulfonamides is 1. The van der Waals surface area contributed by atoms with Crippen LogP contribution < -0.4 is 10.0 Å². The Morgan fingerprint density at radius 2 is 1.96 bits per heavy atom. The van der Waals surface area contributed by atoms with E-state index in [1.807, 2.05) is 12.1 Å². The Morgan fingerprint density at radius 3 is 2.62 bits per heavy atom. The highest BCUT2D eigenvalue weighted by atomic mass is 32.2. The van der Waals surface area contributed by atoms with E-state index in [9.17, 15) is 13.2 Å². The lowest BCUT2D eigenvalue weighted by atomic mass is 10.1. The van der Waals surface area contributed by atoms with Crippen LogP contribution in [0.5, 0.6) is 0 Å². The van der Waals surface area contributed by atoms with Gasteiger partial charge in [0.15, 0.2) is 0 Å². The van der Waals surface area contributed by atoms with E-state index in [1.165, 1.54) is 6.07 Å². The Hall–Kier alpha value is -2.85. The van der Waals surface area contributed by atoms with Gasteiger partial charge in [0.05, 0.1) is 23.6 Å². The molecule has 1 amide bonds. The number of amides is 1. The molecule has 0 aliphatic heterocycles. The molecular weight excluding hydrogens is 326 g/mol. The first-order valence-electron chi connectivity index (χ1n) is 7.14. The monoisotopic (exact) mass is 343 g/mol. The molecule has 124 valence electrons. The number of hydrogen-bond donors (Lipinski definition) is 2. The molecule has 0 heterocycles. The Labute approximate surface area is 141 Å². The van der Waals surface area contributed by atoms with Crippen molar-refractivity contribution < 1.29 is 13.2 Å². The van der Waals surface area contributed by atoms with Crippen molar-refractivity contribution >= 4 is 21.6 Å². The van der Waals surface area contributed by atoms with E-state index in [1.54, 1.807) is 37.3 Å². The van der Waals surface area contributed by atoms with Crippen molar-refractivity contribution in [2.75, 3.05) is 11.0 Å². The quantitative estimate of drug-likeness (QED) is 0.869. The molecule has 0 saturated carbocycles. The molecule has 0 aliphatic rings. The Morgan fingerprint density at radius 1 is 1.21 bits per heavy atom. The van der Waals surface area contributed by atoms with Crippen LogP contribution in [0, 0.1) is 18.3 Å². The van der Waals surface area contributed by atoms with Gasteiger partial charge in [-0.3, -0.25) is 9.52 Å². The maximum absolute atomic E-state index is 12.2. The van der Waals surface area contributed by atoms with Crippen LogP contribution in [0.4, 0.5) is 5.69 Å². The Bertz CT molecular complexity index is 915. The van der Waals surface area contributed by atoms with Crippen molar-refractivity contribution in [1.82, 2.24) is 5.32 Å². The second-order valence-electron chi connectivity index (χ2n) is 5.40. The summed E-state index contributed by atoms with van der Waals surface area (Å²) in [6, 6.07) is 13.8. The summed E-state index contributed by atoms with van der Waals surface area (Å²) in [5, 5.41) is 11.6. The van der Waals surface area contributed by atoms with Gasteiger partial charge >= 0.3 is 0 Å². The summed E-state index contributed by atoms with van der Waals surface area (Å²) in [6.45, 7) is 2.03. The van der Waals surface area contributed by atoms with Gasteiger partial charge < -0.3 is 5.32 Å². The van der Waals surface area contributed by atoms with Crippen LogP contribution in [0.3, 0.4) is 0 Å². The Kier molecular flexibility index (Phi) is 5.21. The van der Waals surface area contributed by atoms with Crippen molar-refractivity contribution in [2.45, 2.75) is 13.5 Å². The van der Waals surface area contributed by atoms with Crippen LogP contribution >= 0.6 is 0 Å². The number of nitriles is 1. The van der Waals surface area contributed by atoms with Crippen molar-refractivity contribution in [2.24, 2.45) is 0 Å². The number of nitrogens with one attached hydrogen (secondary N) is 2. The Balaban J connectivity index is 2.12. The maximum atomic E-state index is 12.2. The van der Waals surface area contributed by atoms with E-state index in [0.29, 0.717) is 16.8 Å². The second kappa shape index (κ2) is 7.15. The lowest BCUT2D eigenvalue weighted by molar-refractivity contribution is 0.0951. The third kappa shape index (κ3) is 4.83. The molecule has 0 radical (unpaired) electrons. The fraction of sp³-hybridized carbons (Fsp3) is 0.176. The van der Waals surface area contributed by atoms with Crippen LogP contribution in [-0.4, -0.2) is 20.6 Å². The molecule has 2 aromatic rings. The van der Waals surface area contributed by atoms with Crippen molar-refractivity contribution in [1.29, 1.82) is 5.26 Å². The fourth-order valence-corrected chi connectivity index (χ4v) is 2.73. The number of benzene rings is 2. The number of anilines is 1. The normalized spacial score (nSPS) is 10.7. The van der Waals surface area contributed by atoms with Gasteiger partial charge in [0.25, 0.3) is 5.91 Å². The van der Waals surface area contributed by atoms with Gasteiger partial charge in [0, 0.05) is 12.1 Å². The van der Waals surface area contributed by atoms with E-state index in [0.717, 1.165) is 17.4 Å². The van der Waals surface area contributed by atoms with Gasteiger partial charge in [-0.25, -0.2) is 8.42 Å². The largest absolute Gasteiger partial charge is 0.348 e. The maximum Gasteiger partial charge on any atom is 0.251 e. The molecule has 0 unspecified atom stereocenters. The molecule has 0 fully saturated rings. The number of aryl methyl sites for hydroxylation is 1. The number of nitrogens with zero attached hydrogens (tertiary/aromatic N) is 1. The number of carbonyl (C=O) groups excluding carboxylic acids is 1. The molecule has 0 aliphatic carbocycles. The lowest BCUT2D eigenvalue weighted by Crippen LogP contribution is -2.23. The van der Waals surface area contributed by atoms with E-state index >= 15 is 0 Å². The number of hydrogen-bond acceptors (Lipinski definition) is 4. The second-order valence-corrected chi connectivity index (χ2v) is 7.15. The summed E-state index contributed by atoms with van der Waals surface area (Å²) in [4.78, 5) is 12.2. The first-order valence-corrected chi connectivity index (χ1v) is 9.03. The summed E-state index contributed by atoms with van der Waals surface area (Å²) >= 11 is 0. The first kappa shape index (κ1) is 17.5. The van der Waals surface area contributed by atoms with Crippen LogP contribution in [-0.2, 0) is 16.6 Å². The predicted molar refractivity (Wildman–Crippen MR) is 92.0 cm³/mol. The summed E-state index contributed by atoms with van der Waals surface area (Å²) in [5.41, 5.74) is 2.78. The minimum absolute atomic E-state index is 0.275. The molecule has 0 spiro atoms. The van der Waals surface area contributed by atoms with Crippen LogP contribution in [0.2, 0.25) is 0 Å². The molecule has 2 aromatic carbocycles. The third-order valence-electron chi connectivity index (χ3n) is 3.30. The average Bonchev–Trinajstić information content (AvgIpc) is 2.53. The van der Waals surface area contributed by atoms with Gasteiger partial charge in [0.1, 0.15) is 0 Å². The van der Waals surface area contributed by atoms with E-state index in [4.69, 9.17) is 5.26 Å². The standard InChI is InChI=1S/C17H17N3O3S/c1-12-6-7-15(9-16(12)20-24(2,22)23)17(21)19-11-14-5-3-4-13(8-14)10-18/h3-9,20H,11H2,1-2H3,(H,19,21). The molecule has 2 N–H and O–H groups in total. The zero-order valence-corrected chi connectivity index (χ0v) is 14.1. The van der Waals surface area contributed by atoms with E-state index in [2.05, 4.69) is 10.0 Å². The smallest absolute Gasteiger partial charge is 0.251 e. The highest BCUT2D eigenvalue weighted by Crippen LogP contribution is 2.18. The van der Waals surface area contributed by atoms with Crippen molar-refractivity contribution in [3.63, 3.8) is 0 Å². The SMILES string of the molecule is Cc1ccc(C(=O)NCc2cccc(C#N)c2)cc1NS(C)(=O)=O. The van der Waals surface area contributed by atoms with Gasteiger partial charge in [-0.1, -0.05) is 18.2 Å². The molecule has 0 atom stereocenters. The molecule has 24 heavy (non-hydrogen) atoms. The molecular formula is C17H17N3O3S. The summed E-state index contributed by atoms with van der Waals surface area (Å²) in [6.07, 6.45) is 1.06.